The van der Waals surface area contributed by atoms with E-state index in [1.807, 2.05) is 0 Å². The van der Waals surface area contributed by atoms with Crippen molar-refractivity contribution in [2.75, 3.05) is 0 Å². The van der Waals surface area contributed by atoms with Crippen LogP contribution in [-0.2, 0) is 0 Å². The predicted molar refractivity (Wildman–Crippen MR) is 61.2 cm³/mol. The van der Waals surface area contributed by atoms with E-state index in [1.165, 1.54) is 0 Å². The average molecular weight is 464 g/mol. The summed E-state index contributed by atoms with van der Waals surface area (Å²) in [5.74, 6) is -37.4. The molecule has 0 N–H and O–H groups in total. The van der Waals surface area contributed by atoms with Gasteiger partial charge >= 0.3 is 29.6 Å². The largest absolute Gasteiger partial charge is 0.384 e. The molecule has 1 rings (SSSR count). The normalized spacial score (nSPS) is 33.0. The van der Waals surface area contributed by atoms with Gasteiger partial charge in [0.25, 0.3) is 5.67 Å². The quantitative estimate of drug-likeness (QED) is 0.294. The van der Waals surface area contributed by atoms with E-state index in [0.717, 1.165) is 29.5 Å². The highest BCUT2D eigenvalue weighted by Crippen LogP contribution is 2.71. The minimum absolute atomic E-state index is 0.245. The van der Waals surface area contributed by atoms with Crippen molar-refractivity contribution < 1.29 is 48.3 Å². The van der Waals surface area contributed by atoms with Crippen molar-refractivity contribution in [2.24, 2.45) is 5.92 Å². The molecule has 0 aliphatic heterocycles. The molecule has 2 atom stereocenters. The van der Waals surface area contributed by atoms with Gasteiger partial charge in [0.2, 0.25) is 0 Å². The second kappa shape index (κ2) is 4.74. The zero-order chi connectivity index (χ0) is 18.2. The number of halogens is 12. The first-order valence-corrected chi connectivity index (χ1v) is 6.82. The van der Waals surface area contributed by atoms with Crippen LogP contribution in [0, 0.1) is 5.92 Å². The highest BCUT2D eigenvalue weighted by Gasteiger charge is 3.01. The van der Waals surface area contributed by atoms with Gasteiger partial charge < -0.3 is 0 Å². The van der Waals surface area contributed by atoms with Gasteiger partial charge in [-0.25, -0.2) is 4.39 Å². The van der Waals surface area contributed by atoms with Gasteiger partial charge in [-0.3, -0.25) is 0 Å². The third-order valence-corrected chi connectivity index (χ3v) is 4.89. The third-order valence-electron chi connectivity index (χ3n) is 3.81. The zero-order valence-corrected chi connectivity index (χ0v) is 12.8. The van der Waals surface area contributed by atoms with Crippen molar-refractivity contribution in [3.63, 3.8) is 0 Å². The van der Waals surface area contributed by atoms with Crippen LogP contribution in [0.5, 0.6) is 0 Å². The summed E-state index contributed by atoms with van der Waals surface area (Å²) in [5, 5.41) is 0. The van der Waals surface area contributed by atoms with Crippen molar-refractivity contribution in [2.45, 2.75) is 53.1 Å². The van der Waals surface area contributed by atoms with Gasteiger partial charge in [-0.05, 0) is 0 Å². The maximum Gasteiger partial charge on any atom is 0.384 e. The second-order valence-electron chi connectivity index (χ2n) is 5.05. The molecule has 0 aromatic rings. The fourth-order valence-electron chi connectivity index (χ4n) is 2.13. The Kier molecular flexibility index (Phi) is 4.31. The van der Waals surface area contributed by atoms with E-state index >= 15 is 0 Å². The maximum absolute atomic E-state index is 14.3. The van der Waals surface area contributed by atoms with Gasteiger partial charge in [0, 0.05) is 9.84 Å². The molecular weight excluding hydrogens is 456 g/mol. The molecular formula is C10H8F11I. The molecule has 0 saturated heterocycles. The number of hydrogen-bond acceptors (Lipinski definition) is 0. The maximum atomic E-state index is 14.3. The molecule has 0 aromatic heterocycles. The van der Waals surface area contributed by atoms with Crippen LogP contribution >= 0.6 is 22.6 Å². The van der Waals surface area contributed by atoms with Crippen molar-refractivity contribution >= 4 is 22.6 Å². The molecule has 132 valence electrons. The monoisotopic (exact) mass is 464 g/mol. The van der Waals surface area contributed by atoms with Gasteiger partial charge in [-0.1, -0.05) is 36.4 Å². The first-order valence-electron chi connectivity index (χ1n) is 5.57. The Balaban J connectivity index is 3.85. The molecule has 0 amide bonds. The Labute approximate surface area is 130 Å². The van der Waals surface area contributed by atoms with Gasteiger partial charge in [-0.15, -0.1) is 0 Å². The summed E-state index contributed by atoms with van der Waals surface area (Å²) in [6, 6.07) is 0. The molecule has 1 fully saturated rings. The zero-order valence-electron chi connectivity index (χ0n) is 10.7. The van der Waals surface area contributed by atoms with Gasteiger partial charge in [-0.2, -0.15) is 43.9 Å². The van der Waals surface area contributed by atoms with Crippen molar-refractivity contribution in [3.8, 4) is 0 Å². The summed E-state index contributed by atoms with van der Waals surface area (Å²) in [7, 11) is 0. The standard InChI is InChI=1S/C10H8F11I/c1-3(4(2)22)5(11)6(12,13)8(16,17)10(20,21)9(18,19)7(5,14)15/h3-4H,1-2H3. The van der Waals surface area contributed by atoms with Crippen molar-refractivity contribution in [1.82, 2.24) is 0 Å². The third kappa shape index (κ3) is 1.75. The summed E-state index contributed by atoms with van der Waals surface area (Å²) in [4.78, 5) is 0. The average Bonchev–Trinajstić information content (AvgIpc) is 2.34. The first-order chi connectivity index (χ1) is 9.35. The van der Waals surface area contributed by atoms with E-state index in [4.69, 9.17) is 0 Å². The molecule has 0 aromatic carbocycles. The van der Waals surface area contributed by atoms with Gasteiger partial charge in [0.1, 0.15) is 0 Å². The van der Waals surface area contributed by atoms with Crippen LogP contribution in [0.1, 0.15) is 13.8 Å². The van der Waals surface area contributed by atoms with E-state index in [-0.39, 0.29) is 6.92 Å². The van der Waals surface area contributed by atoms with Gasteiger partial charge in [0.15, 0.2) is 0 Å². The Morgan fingerprint density at radius 3 is 1.00 bits per heavy atom. The minimum atomic E-state index is -7.14. The Morgan fingerprint density at radius 1 is 0.545 bits per heavy atom. The van der Waals surface area contributed by atoms with Crippen LogP contribution in [-0.4, -0.2) is 39.2 Å². The first kappa shape index (κ1) is 20.0. The SMILES string of the molecule is CC(I)C(C)C1(F)C(F)(F)C(F)(F)C(F)(F)C(F)(F)C1(F)F. The predicted octanol–water partition coefficient (Wildman–Crippen LogP) is 5.34. The fourth-order valence-corrected chi connectivity index (χ4v) is 2.63. The summed E-state index contributed by atoms with van der Waals surface area (Å²) >= 11 is 1.06. The number of alkyl halides is 12. The highest BCUT2D eigenvalue weighted by molar-refractivity contribution is 14.1. The van der Waals surface area contributed by atoms with Crippen LogP contribution in [0.15, 0.2) is 0 Å². The molecule has 1 aliphatic rings. The fraction of sp³-hybridized carbons (Fsp3) is 1.00. The molecule has 0 bridgehead atoms. The lowest BCUT2D eigenvalue weighted by molar-refractivity contribution is -0.490. The molecule has 0 heterocycles. The molecule has 0 spiro atoms. The lowest BCUT2D eigenvalue weighted by Gasteiger charge is -2.54. The van der Waals surface area contributed by atoms with Crippen LogP contribution < -0.4 is 0 Å². The van der Waals surface area contributed by atoms with E-state index < -0.39 is 45.1 Å². The van der Waals surface area contributed by atoms with Crippen molar-refractivity contribution in [1.29, 1.82) is 0 Å². The van der Waals surface area contributed by atoms with E-state index in [1.54, 1.807) is 0 Å². The lowest BCUT2D eigenvalue weighted by Crippen LogP contribution is -2.85. The second-order valence-corrected chi connectivity index (χ2v) is 7.01. The molecule has 1 saturated carbocycles. The van der Waals surface area contributed by atoms with Crippen LogP contribution in [0.4, 0.5) is 48.3 Å². The van der Waals surface area contributed by atoms with E-state index in [2.05, 4.69) is 0 Å². The van der Waals surface area contributed by atoms with Crippen LogP contribution in [0.2, 0.25) is 0 Å². The Bertz CT molecular complexity index is 426. The number of rotatable bonds is 2. The smallest absolute Gasteiger partial charge is 0.230 e. The van der Waals surface area contributed by atoms with Crippen molar-refractivity contribution in [3.05, 3.63) is 0 Å². The van der Waals surface area contributed by atoms with E-state index in [0.29, 0.717) is 0 Å². The summed E-state index contributed by atoms with van der Waals surface area (Å²) in [6.07, 6.45) is 0. The topological polar surface area (TPSA) is 0 Å². The highest BCUT2D eigenvalue weighted by atomic mass is 127. The summed E-state index contributed by atoms with van der Waals surface area (Å²) in [5.41, 5.74) is -5.88. The summed E-state index contributed by atoms with van der Waals surface area (Å²) < 4.78 is 145. The molecule has 1 aliphatic carbocycles. The van der Waals surface area contributed by atoms with Crippen LogP contribution in [0.3, 0.4) is 0 Å². The molecule has 0 radical (unpaired) electrons. The number of hydrogen-bond donors (Lipinski definition) is 0. The molecule has 0 nitrogen and oxygen atoms in total. The van der Waals surface area contributed by atoms with Gasteiger partial charge in [0.05, 0.1) is 0 Å². The Morgan fingerprint density at radius 2 is 0.773 bits per heavy atom. The molecule has 12 heteroatoms. The summed E-state index contributed by atoms with van der Waals surface area (Å²) in [6.45, 7) is 1.05. The van der Waals surface area contributed by atoms with E-state index in [9.17, 15) is 48.3 Å². The Hall–Kier alpha value is -0.0400. The minimum Gasteiger partial charge on any atom is -0.230 e. The molecule has 22 heavy (non-hydrogen) atoms. The molecule has 2 unspecified atom stereocenters. The lowest BCUT2D eigenvalue weighted by atomic mass is 9.66. The van der Waals surface area contributed by atoms with Crippen LogP contribution in [0.25, 0.3) is 0 Å².